The van der Waals surface area contributed by atoms with E-state index in [1.807, 2.05) is 0 Å². The number of halogens is 6. The van der Waals surface area contributed by atoms with E-state index < -0.39 is 30.8 Å². The van der Waals surface area contributed by atoms with Crippen LogP contribution in [0.4, 0.5) is 26.3 Å². The molecule has 0 atom stereocenters. The van der Waals surface area contributed by atoms with Crippen LogP contribution in [0, 0.1) is 0 Å². The predicted octanol–water partition coefficient (Wildman–Crippen LogP) is 1.69. The molecule has 0 radical (unpaired) electrons. The Morgan fingerprint density at radius 1 is 1.11 bits per heavy atom. The zero-order valence-electron chi connectivity index (χ0n) is 9.24. The van der Waals surface area contributed by atoms with Crippen molar-refractivity contribution in [1.82, 2.24) is 10.2 Å². The van der Waals surface area contributed by atoms with E-state index in [-0.39, 0.29) is 17.7 Å². The molecule has 1 rings (SSSR count). The maximum absolute atomic E-state index is 12.3. The molecule has 0 saturated carbocycles. The summed E-state index contributed by atoms with van der Waals surface area (Å²) >= 11 is 0. The van der Waals surface area contributed by atoms with Crippen LogP contribution in [0.25, 0.3) is 0 Å². The highest BCUT2D eigenvalue weighted by atomic mass is 19.4. The fraction of sp³-hybridized carbons (Fsp3) is 0.889. The van der Waals surface area contributed by atoms with Gasteiger partial charge in [-0.15, -0.1) is 0 Å². The molecule has 0 aromatic rings. The molecule has 0 aromatic heterocycles. The average Bonchev–Trinajstić information content (AvgIpc) is 2.24. The smallest absolute Gasteiger partial charge is 0.323 e. The third-order valence-corrected chi connectivity index (χ3v) is 2.60. The summed E-state index contributed by atoms with van der Waals surface area (Å²) in [5, 5.41) is 2.81. The van der Waals surface area contributed by atoms with E-state index in [1.165, 1.54) is 0 Å². The standard InChI is InChI=1S/C9H12F6N2O/c10-8(11,12)5-17(7(18)9(13,14)15)6-1-3-16-4-2-6/h6,16H,1-5H2. The van der Waals surface area contributed by atoms with Gasteiger partial charge in [0.1, 0.15) is 6.54 Å². The number of nitrogens with zero attached hydrogens (tertiary/aromatic N) is 1. The predicted molar refractivity (Wildman–Crippen MR) is 49.7 cm³/mol. The van der Waals surface area contributed by atoms with Gasteiger partial charge < -0.3 is 10.2 Å². The van der Waals surface area contributed by atoms with Crippen molar-refractivity contribution in [2.24, 2.45) is 0 Å². The molecule has 1 aliphatic heterocycles. The molecule has 1 heterocycles. The zero-order chi connectivity index (χ0) is 14.0. The van der Waals surface area contributed by atoms with E-state index in [9.17, 15) is 31.1 Å². The van der Waals surface area contributed by atoms with Gasteiger partial charge in [0, 0.05) is 6.04 Å². The van der Waals surface area contributed by atoms with Crippen molar-refractivity contribution < 1.29 is 31.1 Å². The number of amides is 1. The molecule has 106 valence electrons. The van der Waals surface area contributed by atoms with Crippen LogP contribution in [0.15, 0.2) is 0 Å². The highest BCUT2D eigenvalue weighted by molar-refractivity contribution is 5.82. The molecule has 1 N–H and O–H groups in total. The summed E-state index contributed by atoms with van der Waals surface area (Å²) in [4.78, 5) is 10.9. The van der Waals surface area contributed by atoms with Gasteiger partial charge in [-0.05, 0) is 25.9 Å². The molecular weight excluding hydrogens is 266 g/mol. The van der Waals surface area contributed by atoms with E-state index >= 15 is 0 Å². The Bertz CT molecular complexity index is 294. The summed E-state index contributed by atoms with van der Waals surface area (Å²) in [5.41, 5.74) is 0. The number of piperidine rings is 1. The molecule has 0 aromatic carbocycles. The molecule has 1 fully saturated rings. The highest BCUT2D eigenvalue weighted by Crippen LogP contribution is 2.26. The zero-order valence-corrected chi connectivity index (χ0v) is 9.24. The minimum absolute atomic E-state index is 0.0812. The lowest BCUT2D eigenvalue weighted by Crippen LogP contribution is -2.53. The summed E-state index contributed by atoms with van der Waals surface area (Å²) < 4.78 is 73.5. The number of carbonyl (C=O) groups is 1. The molecule has 1 saturated heterocycles. The molecule has 0 aliphatic carbocycles. The first kappa shape index (κ1) is 15.1. The van der Waals surface area contributed by atoms with E-state index in [1.54, 1.807) is 0 Å². The van der Waals surface area contributed by atoms with Crippen LogP contribution in [-0.4, -0.2) is 48.8 Å². The summed E-state index contributed by atoms with van der Waals surface area (Å²) in [7, 11) is 0. The lowest BCUT2D eigenvalue weighted by atomic mass is 10.0. The van der Waals surface area contributed by atoms with Crippen molar-refractivity contribution in [2.75, 3.05) is 19.6 Å². The van der Waals surface area contributed by atoms with Crippen molar-refractivity contribution in [3.05, 3.63) is 0 Å². The number of carbonyl (C=O) groups excluding carboxylic acids is 1. The van der Waals surface area contributed by atoms with Gasteiger partial charge in [0.05, 0.1) is 0 Å². The van der Waals surface area contributed by atoms with E-state index in [4.69, 9.17) is 0 Å². The number of rotatable bonds is 2. The van der Waals surface area contributed by atoms with Gasteiger partial charge in [-0.25, -0.2) is 0 Å². The molecule has 1 aliphatic rings. The lowest BCUT2D eigenvalue weighted by Gasteiger charge is -2.35. The van der Waals surface area contributed by atoms with Crippen LogP contribution in [0.2, 0.25) is 0 Å². The van der Waals surface area contributed by atoms with E-state index in [2.05, 4.69) is 5.32 Å². The Labute approximate surface area is 99.1 Å². The fourth-order valence-corrected chi connectivity index (χ4v) is 1.84. The first-order chi connectivity index (χ1) is 8.11. The number of nitrogens with one attached hydrogen (secondary N) is 1. The van der Waals surface area contributed by atoms with E-state index in [0.717, 1.165) is 0 Å². The molecular formula is C9H12F6N2O. The first-order valence-corrected chi connectivity index (χ1v) is 5.26. The summed E-state index contributed by atoms with van der Waals surface area (Å²) in [6, 6.07) is -1.03. The van der Waals surface area contributed by atoms with Gasteiger partial charge in [0.2, 0.25) is 0 Å². The molecule has 0 spiro atoms. The van der Waals surface area contributed by atoms with Gasteiger partial charge in [0.15, 0.2) is 0 Å². The Morgan fingerprint density at radius 2 is 1.61 bits per heavy atom. The van der Waals surface area contributed by atoms with Gasteiger partial charge >= 0.3 is 18.3 Å². The van der Waals surface area contributed by atoms with Gasteiger partial charge in [-0.3, -0.25) is 4.79 Å². The number of hydrogen-bond acceptors (Lipinski definition) is 2. The Hall–Kier alpha value is -0.990. The summed E-state index contributed by atoms with van der Waals surface area (Å²) in [6.07, 6.45) is -9.96. The third kappa shape index (κ3) is 4.35. The van der Waals surface area contributed by atoms with Crippen molar-refractivity contribution in [1.29, 1.82) is 0 Å². The molecule has 1 amide bonds. The maximum Gasteiger partial charge on any atom is 0.471 e. The molecule has 0 unspecified atom stereocenters. The summed E-state index contributed by atoms with van der Waals surface area (Å²) in [5.74, 6) is -2.42. The SMILES string of the molecule is O=C(N(CC(F)(F)F)C1CCNCC1)C(F)(F)F. The van der Waals surface area contributed by atoms with Crippen LogP contribution in [0.3, 0.4) is 0 Å². The van der Waals surface area contributed by atoms with Crippen molar-refractivity contribution in [3.63, 3.8) is 0 Å². The summed E-state index contributed by atoms with van der Waals surface area (Å²) in [6.45, 7) is -1.27. The van der Waals surface area contributed by atoms with Gasteiger partial charge in [-0.1, -0.05) is 0 Å². The molecule has 3 nitrogen and oxygen atoms in total. The molecule has 0 bridgehead atoms. The van der Waals surface area contributed by atoms with Gasteiger partial charge in [-0.2, -0.15) is 26.3 Å². The number of hydrogen-bond donors (Lipinski definition) is 1. The van der Waals surface area contributed by atoms with Crippen LogP contribution >= 0.6 is 0 Å². The normalized spacial score (nSPS) is 18.8. The Kier molecular flexibility index (Phi) is 4.46. The highest BCUT2D eigenvalue weighted by Gasteiger charge is 2.48. The number of alkyl halides is 6. The maximum atomic E-state index is 12.3. The van der Waals surface area contributed by atoms with Crippen molar-refractivity contribution in [2.45, 2.75) is 31.2 Å². The minimum atomic E-state index is -5.28. The van der Waals surface area contributed by atoms with Crippen LogP contribution in [0.1, 0.15) is 12.8 Å². The second-order valence-electron chi connectivity index (χ2n) is 4.03. The molecule has 9 heteroatoms. The van der Waals surface area contributed by atoms with E-state index in [0.29, 0.717) is 13.1 Å². The average molecular weight is 278 g/mol. The van der Waals surface area contributed by atoms with Crippen molar-refractivity contribution in [3.8, 4) is 0 Å². The van der Waals surface area contributed by atoms with Gasteiger partial charge in [0.25, 0.3) is 0 Å². The quantitative estimate of drug-likeness (QED) is 0.780. The Morgan fingerprint density at radius 3 is 2.00 bits per heavy atom. The fourth-order valence-electron chi connectivity index (χ4n) is 1.84. The van der Waals surface area contributed by atoms with Crippen LogP contribution < -0.4 is 5.32 Å². The molecule has 18 heavy (non-hydrogen) atoms. The largest absolute Gasteiger partial charge is 0.471 e. The van der Waals surface area contributed by atoms with Crippen LogP contribution in [0.5, 0.6) is 0 Å². The van der Waals surface area contributed by atoms with Crippen LogP contribution in [-0.2, 0) is 4.79 Å². The second-order valence-corrected chi connectivity index (χ2v) is 4.03. The lowest BCUT2D eigenvalue weighted by molar-refractivity contribution is -0.202. The second kappa shape index (κ2) is 5.33. The topological polar surface area (TPSA) is 32.3 Å². The first-order valence-electron chi connectivity index (χ1n) is 5.26. The van der Waals surface area contributed by atoms with Crippen molar-refractivity contribution >= 4 is 5.91 Å². The Balaban J connectivity index is 2.83. The minimum Gasteiger partial charge on any atom is -0.323 e. The monoisotopic (exact) mass is 278 g/mol. The third-order valence-electron chi connectivity index (χ3n) is 2.60.